The lowest BCUT2D eigenvalue weighted by Gasteiger charge is -2.10. The molecule has 0 aromatic heterocycles. The van der Waals surface area contributed by atoms with Gasteiger partial charge >= 0.3 is 12.2 Å². The Kier molecular flexibility index (Phi) is 4.74. The van der Waals surface area contributed by atoms with Gasteiger partial charge < -0.3 is 16.4 Å². The highest BCUT2D eigenvalue weighted by Gasteiger charge is 2.27. The lowest BCUT2D eigenvalue weighted by Crippen LogP contribution is -2.40. The van der Waals surface area contributed by atoms with Crippen molar-refractivity contribution >= 4 is 11.9 Å². The van der Waals surface area contributed by atoms with E-state index in [1.54, 1.807) is 29.6 Å². The van der Waals surface area contributed by atoms with Crippen molar-refractivity contribution in [3.8, 4) is 0 Å². The second-order valence-corrected chi connectivity index (χ2v) is 3.76. The van der Waals surface area contributed by atoms with Crippen LogP contribution in [0.2, 0.25) is 0 Å². The van der Waals surface area contributed by atoms with E-state index in [2.05, 4.69) is 5.32 Å². The molecule has 0 saturated carbocycles. The third kappa shape index (κ3) is 5.75. The summed E-state index contributed by atoms with van der Waals surface area (Å²) in [5.74, 6) is -0.0811. The van der Waals surface area contributed by atoms with Crippen molar-refractivity contribution in [3.63, 3.8) is 0 Å². The van der Waals surface area contributed by atoms with Gasteiger partial charge in [0.25, 0.3) is 0 Å². The molecule has 5 nitrogen and oxygen atoms in total. The molecule has 0 aliphatic rings. The third-order valence-corrected chi connectivity index (χ3v) is 2.17. The van der Waals surface area contributed by atoms with Crippen LogP contribution in [-0.2, 0) is 6.54 Å². The van der Waals surface area contributed by atoms with E-state index in [1.165, 1.54) is 0 Å². The highest BCUT2D eigenvalue weighted by atomic mass is 19.4. The summed E-state index contributed by atoms with van der Waals surface area (Å²) >= 11 is 0. The van der Waals surface area contributed by atoms with Gasteiger partial charge in [-0.2, -0.15) is 13.2 Å². The predicted octanol–water partition coefficient (Wildman–Crippen LogP) is 1.33. The summed E-state index contributed by atoms with van der Waals surface area (Å²) in [7, 11) is 0. The van der Waals surface area contributed by atoms with Gasteiger partial charge in [0, 0.05) is 12.1 Å². The van der Waals surface area contributed by atoms with Crippen molar-refractivity contribution in [2.75, 3.05) is 6.54 Å². The molecule has 0 radical (unpaired) electrons. The first-order chi connectivity index (χ1) is 8.78. The molecule has 0 aliphatic carbocycles. The number of carbonyl (C=O) groups is 1. The Bertz CT molecular complexity index is 456. The van der Waals surface area contributed by atoms with Gasteiger partial charge in [-0.15, -0.1) is 0 Å². The number of nitrogen functional groups attached to an aromatic ring is 1. The molecular formula is C11H13F3N4O. The number of nitrogens with one attached hydrogen (secondary N) is 3. The molecule has 19 heavy (non-hydrogen) atoms. The minimum atomic E-state index is -4.43. The average Bonchev–Trinajstić information content (AvgIpc) is 2.33. The van der Waals surface area contributed by atoms with E-state index in [4.69, 9.17) is 11.1 Å². The van der Waals surface area contributed by atoms with Gasteiger partial charge in [0.2, 0.25) is 0 Å². The maximum atomic E-state index is 11.8. The fraction of sp³-hybridized carbons (Fsp3) is 0.273. The van der Waals surface area contributed by atoms with Crippen molar-refractivity contribution in [2.24, 2.45) is 5.73 Å². The van der Waals surface area contributed by atoms with Crippen LogP contribution < -0.4 is 16.4 Å². The van der Waals surface area contributed by atoms with Gasteiger partial charge in [-0.05, 0) is 5.56 Å². The number of carbonyl (C=O) groups excluding carboxylic acids is 1. The second kappa shape index (κ2) is 6.07. The average molecular weight is 274 g/mol. The highest BCUT2D eigenvalue weighted by molar-refractivity contribution is 5.94. The maximum Gasteiger partial charge on any atom is 0.405 e. The van der Waals surface area contributed by atoms with Gasteiger partial charge in [-0.1, -0.05) is 24.3 Å². The highest BCUT2D eigenvalue weighted by Crippen LogP contribution is 2.11. The van der Waals surface area contributed by atoms with Crippen molar-refractivity contribution in [1.82, 2.24) is 10.6 Å². The van der Waals surface area contributed by atoms with E-state index in [0.717, 1.165) is 0 Å². The van der Waals surface area contributed by atoms with E-state index in [0.29, 0.717) is 11.1 Å². The number of rotatable bonds is 4. The molecule has 0 unspecified atom stereocenters. The van der Waals surface area contributed by atoms with E-state index in [-0.39, 0.29) is 12.4 Å². The minimum absolute atomic E-state index is 0.0811. The van der Waals surface area contributed by atoms with Crippen LogP contribution in [0.5, 0.6) is 0 Å². The molecular weight excluding hydrogens is 261 g/mol. The molecule has 1 aromatic rings. The van der Waals surface area contributed by atoms with Crippen molar-refractivity contribution < 1.29 is 18.0 Å². The fourth-order valence-corrected chi connectivity index (χ4v) is 1.23. The summed E-state index contributed by atoms with van der Waals surface area (Å²) < 4.78 is 35.5. The zero-order valence-corrected chi connectivity index (χ0v) is 9.84. The first-order valence-corrected chi connectivity index (χ1v) is 5.30. The van der Waals surface area contributed by atoms with Crippen LogP contribution in [0.15, 0.2) is 24.3 Å². The predicted molar refractivity (Wildman–Crippen MR) is 63.8 cm³/mol. The lowest BCUT2D eigenvalue weighted by atomic mass is 10.1. The van der Waals surface area contributed by atoms with Gasteiger partial charge in [0.15, 0.2) is 0 Å². The topological polar surface area (TPSA) is 91.0 Å². The number of hydrogen-bond donors (Lipinski definition) is 4. The van der Waals surface area contributed by atoms with Crippen LogP contribution in [0.3, 0.4) is 0 Å². The Labute approximate surface area is 107 Å². The van der Waals surface area contributed by atoms with Crippen LogP contribution in [0.1, 0.15) is 11.1 Å². The molecule has 0 aliphatic heterocycles. The SMILES string of the molecule is N=C(N)c1ccc(CNC(=O)NCC(F)(F)F)cc1. The molecule has 104 valence electrons. The summed E-state index contributed by atoms with van der Waals surface area (Å²) in [4.78, 5) is 11.1. The van der Waals surface area contributed by atoms with E-state index in [9.17, 15) is 18.0 Å². The number of alkyl halides is 3. The van der Waals surface area contributed by atoms with Crippen LogP contribution in [0.25, 0.3) is 0 Å². The normalized spacial score (nSPS) is 10.9. The fourth-order valence-electron chi connectivity index (χ4n) is 1.23. The van der Waals surface area contributed by atoms with Crippen LogP contribution in [-0.4, -0.2) is 24.6 Å². The van der Waals surface area contributed by atoms with Crippen molar-refractivity contribution in [1.29, 1.82) is 5.41 Å². The van der Waals surface area contributed by atoms with Gasteiger partial charge in [-0.25, -0.2) is 4.79 Å². The maximum absolute atomic E-state index is 11.8. The Morgan fingerprint density at radius 1 is 1.21 bits per heavy atom. The lowest BCUT2D eigenvalue weighted by molar-refractivity contribution is -0.122. The molecule has 0 heterocycles. The smallest absolute Gasteiger partial charge is 0.384 e. The zero-order valence-electron chi connectivity index (χ0n) is 9.84. The standard InChI is InChI=1S/C11H13F3N4O/c12-11(13,14)6-18-10(19)17-5-7-1-3-8(4-2-7)9(15)16/h1-4H,5-6H2,(H3,15,16)(H2,17,18,19). The van der Waals surface area contributed by atoms with E-state index >= 15 is 0 Å². The zero-order chi connectivity index (χ0) is 14.5. The number of hydrogen-bond acceptors (Lipinski definition) is 2. The summed E-state index contributed by atoms with van der Waals surface area (Å²) in [5, 5.41) is 11.2. The first-order valence-electron chi connectivity index (χ1n) is 5.30. The quantitative estimate of drug-likeness (QED) is 0.493. The van der Waals surface area contributed by atoms with Crippen LogP contribution >= 0.6 is 0 Å². The molecule has 1 rings (SSSR count). The summed E-state index contributed by atoms with van der Waals surface area (Å²) in [6.07, 6.45) is -4.43. The minimum Gasteiger partial charge on any atom is -0.384 e. The Balaban J connectivity index is 2.40. The molecule has 0 spiro atoms. The molecule has 1 aromatic carbocycles. The van der Waals surface area contributed by atoms with E-state index < -0.39 is 18.8 Å². The molecule has 0 bridgehead atoms. The Morgan fingerprint density at radius 2 is 1.79 bits per heavy atom. The Hall–Kier alpha value is -2.25. The van der Waals surface area contributed by atoms with Crippen molar-refractivity contribution in [3.05, 3.63) is 35.4 Å². The number of benzene rings is 1. The van der Waals surface area contributed by atoms with Gasteiger partial charge in [0.1, 0.15) is 12.4 Å². The van der Waals surface area contributed by atoms with Crippen molar-refractivity contribution in [2.45, 2.75) is 12.7 Å². The van der Waals surface area contributed by atoms with E-state index in [1.807, 2.05) is 0 Å². The molecule has 8 heteroatoms. The largest absolute Gasteiger partial charge is 0.405 e. The molecule has 0 saturated heterocycles. The first kappa shape index (κ1) is 14.8. The third-order valence-electron chi connectivity index (χ3n) is 2.17. The number of nitrogens with two attached hydrogens (primary N) is 1. The Morgan fingerprint density at radius 3 is 2.26 bits per heavy atom. The molecule has 5 N–H and O–H groups in total. The van der Waals surface area contributed by atoms with Gasteiger partial charge in [-0.3, -0.25) is 5.41 Å². The van der Waals surface area contributed by atoms with Gasteiger partial charge in [0.05, 0.1) is 0 Å². The summed E-state index contributed by atoms with van der Waals surface area (Å²) in [6, 6.07) is 5.54. The molecule has 2 amide bonds. The number of amidine groups is 1. The van der Waals surface area contributed by atoms with Crippen LogP contribution in [0.4, 0.5) is 18.0 Å². The number of amides is 2. The van der Waals surface area contributed by atoms with Crippen LogP contribution in [0, 0.1) is 5.41 Å². The summed E-state index contributed by atoms with van der Waals surface area (Å²) in [6.45, 7) is -1.29. The second-order valence-electron chi connectivity index (χ2n) is 3.76. The molecule has 0 atom stereocenters. The number of halogens is 3. The molecule has 0 fully saturated rings. The summed E-state index contributed by atoms with van der Waals surface area (Å²) in [5.41, 5.74) is 6.48. The number of urea groups is 1. The monoisotopic (exact) mass is 274 g/mol.